The van der Waals surface area contributed by atoms with Crippen molar-refractivity contribution in [3.63, 3.8) is 0 Å². The van der Waals surface area contributed by atoms with Gasteiger partial charge >= 0.3 is 0 Å². The van der Waals surface area contributed by atoms with Gasteiger partial charge in [0, 0.05) is 15.1 Å². The van der Waals surface area contributed by atoms with Crippen LogP contribution < -0.4 is 5.32 Å². The molecule has 0 bridgehead atoms. The molecule has 98 valence electrons. The highest BCUT2D eigenvalue weighted by molar-refractivity contribution is 9.10. The third-order valence-electron chi connectivity index (χ3n) is 2.64. The van der Waals surface area contributed by atoms with Crippen LogP contribution in [0.25, 0.3) is 0 Å². The number of halogens is 2. The average molecular weight is 340 g/mol. The fourth-order valence-corrected chi connectivity index (χ4v) is 2.17. The minimum absolute atomic E-state index is 0.0214. The maximum atomic E-state index is 13.6. The van der Waals surface area contributed by atoms with Gasteiger partial charge in [0.05, 0.1) is 5.56 Å². The molecule has 0 saturated carbocycles. The van der Waals surface area contributed by atoms with E-state index in [9.17, 15) is 9.18 Å². The Kier molecular flexibility index (Phi) is 4.27. The number of anilines is 1. The molecule has 5 heteroatoms. The lowest BCUT2D eigenvalue weighted by Crippen LogP contribution is -2.14. The van der Waals surface area contributed by atoms with Crippen LogP contribution >= 0.6 is 28.6 Å². The number of rotatable bonds is 2. The summed E-state index contributed by atoms with van der Waals surface area (Å²) in [5, 5.41) is 2.69. The second-order valence-electron chi connectivity index (χ2n) is 4.08. The van der Waals surface area contributed by atoms with Gasteiger partial charge in [-0.15, -0.1) is 12.6 Å². The molecule has 0 aromatic heterocycles. The normalized spacial score (nSPS) is 10.3. The van der Waals surface area contributed by atoms with Crippen LogP contribution in [0, 0.1) is 12.7 Å². The van der Waals surface area contributed by atoms with E-state index in [1.807, 2.05) is 19.1 Å². The standard InChI is InChI=1S/C14H11BrFNOS/c1-8-2-3-9(15)6-13(8)17-14(18)11-7-10(19)4-5-12(11)16/h2-7,19H,1H3,(H,17,18). The Balaban J connectivity index is 2.30. The van der Waals surface area contributed by atoms with E-state index in [0.29, 0.717) is 10.6 Å². The van der Waals surface area contributed by atoms with Crippen molar-refractivity contribution in [2.24, 2.45) is 0 Å². The van der Waals surface area contributed by atoms with Gasteiger partial charge in [0.15, 0.2) is 0 Å². The van der Waals surface area contributed by atoms with E-state index in [1.54, 1.807) is 6.07 Å². The summed E-state index contributed by atoms with van der Waals surface area (Å²) in [4.78, 5) is 12.6. The Labute approximate surface area is 124 Å². The number of nitrogens with one attached hydrogen (secondary N) is 1. The molecule has 19 heavy (non-hydrogen) atoms. The van der Waals surface area contributed by atoms with Gasteiger partial charge in [-0.05, 0) is 42.8 Å². The smallest absolute Gasteiger partial charge is 0.258 e. The number of thiol groups is 1. The van der Waals surface area contributed by atoms with Gasteiger partial charge in [-0.1, -0.05) is 22.0 Å². The molecule has 1 N–H and O–H groups in total. The first kappa shape index (κ1) is 14.1. The summed E-state index contributed by atoms with van der Waals surface area (Å²) < 4.78 is 14.4. The van der Waals surface area contributed by atoms with Crippen LogP contribution in [0.4, 0.5) is 10.1 Å². The Morgan fingerprint density at radius 3 is 2.74 bits per heavy atom. The highest BCUT2D eigenvalue weighted by atomic mass is 79.9. The van der Waals surface area contributed by atoms with Crippen molar-refractivity contribution in [2.45, 2.75) is 11.8 Å². The first-order chi connectivity index (χ1) is 8.97. The summed E-state index contributed by atoms with van der Waals surface area (Å²) in [6.07, 6.45) is 0. The SMILES string of the molecule is Cc1ccc(Br)cc1NC(=O)c1cc(S)ccc1F. The predicted octanol–water partition coefficient (Wildman–Crippen LogP) is 4.44. The van der Waals surface area contributed by atoms with Crippen molar-refractivity contribution in [1.82, 2.24) is 0 Å². The minimum atomic E-state index is -0.567. The van der Waals surface area contributed by atoms with Crippen molar-refractivity contribution in [3.8, 4) is 0 Å². The van der Waals surface area contributed by atoms with E-state index in [0.717, 1.165) is 10.0 Å². The van der Waals surface area contributed by atoms with Gasteiger partial charge < -0.3 is 5.32 Å². The van der Waals surface area contributed by atoms with Crippen molar-refractivity contribution >= 4 is 40.2 Å². The second kappa shape index (κ2) is 5.75. The van der Waals surface area contributed by atoms with Crippen LogP contribution in [-0.4, -0.2) is 5.91 Å². The molecular weight excluding hydrogens is 329 g/mol. The van der Waals surface area contributed by atoms with Crippen LogP contribution in [0.5, 0.6) is 0 Å². The molecule has 0 fully saturated rings. The summed E-state index contributed by atoms with van der Waals surface area (Å²) in [5.41, 5.74) is 1.52. The number of benzene rings is 2. The molecule has 0 aliphatic rings. The number of amides is 1. The molecule has 0 heterocycles. The zero-order valence-electron chi connectivity index (χ0n) is 10.1. The van der Waals surface area contributed by atoms with Crippen LogP contribution in [0.2, 0.25) is 0 Å². The number of carbonyl (C=O) groups excluding carboxylic acids is 1. The van der Waals surface area contributed by atoms with Crippen LogP contribution in [0.1, 0.15) is 15.9 Å². The first-order valence-electron chi connectivity index (χ1n) is 5.53. The molecule has 0 atom stereocenters. The highest BCUT2D eigenvalue weighted by Crippen LogP contribution is 2.22. The summed E-state index contributed by atoms with van der Waals surface area (Å²) in [6.45, 7) is 1.87. The predicted molar refractivity (Wildman–Crippen MR) is 80.5 cm³/mol. The molecule has 0 aliphatic heterocycles. The summed E-state index contributed by atoms with van der Waals surface area (Å²) in [6, 6.07) is 9.65. The number of aryl methyl sites for hydroxylation is 1. The maximum absolute atomic E-state index is 13.6. The molecule has 2 aromatic rings. The van der Waals surface area contributed by atoms with E-state index in [2.05, 4.69) is 33.9 Å². The lowest BCUT2D eigenvalue weighted by molar-refractivity contribution is 0.102. The molecular formula is C14H11BrFNOS. The van der Waals surface area contributed by atoms with E-state index in [4.69, 9.17) is 0 Å². The van der Waals surface area contributed by atoms with Crippen molar-refractivity contribution in [3.05, 3.63) is 57.8 Å². The largest absolute Gasteiger partial charge is 0.322 e. The fraction of sp³-hybridized carbons (Fsp3) is 0.0714. The zero-order chi connectivity index (χ0) is 14.0. The average Bonchev–Trinajstić information content (AvgIpc) is 2.36. The molecule has 0 aliphatic carbocycles. The van der Waals surface area contributed by atoms with E-state index in [-0.39, 0.29) is 5.56 Å². The molecule has 2 aromatic carbocycles. The van der Waals surface area contributed by atoms with Crippen LogP contribution in [0.15, 0.2) is 45.8 Å². The summed E-state index contributed by atoms with van der Waals surface area (Å²) >= 11 is 7.44. The van der Waals surface area contributed by atoms with Gasteiger partial charge in [-0.3, -0.25) is 4.79 Å². The van der Waals surface area contributed by atoms with E-state index in [1.165, 1.54) is 18.2 Å². The van der Waals surface area contributed by atoms with Crippen molar-refractivity contribution in [1.29, 1.82) is 0 Å². The Morgan fingerprint density at radius 2 is 2.00 bits per heavy atom. The lowest BCUT2D eigenvalue weighted by Gasteiger charge is -2.09. The third kappa shape index (κ3) is 3.36. The molecule has 0 radical (unpaired) electrons. The molecule has 2 nitrogen and oxygen atoms in total. The van der Waals surface area contributed by atoms with Gasteiger partial charge in [0.25, 0.3) is 5.91 Å². The fourth-order valence-electron chi connectivity index (χ4n) is 1.61. The van der Waals surface area contributed by atoms with Crippen LogP contribution in [-0.2, 0) is 0 Å². The topological polar surface area (TPSA) is 29.1 Å². The van der Waals surface area contributed by atoms with E-state index < -0.39 is 11.7 Å². The lowest BCUT2D eigenvalue weighted by atomic mass is 10.1. The Morgan fingerprint density at radius 1 is 1.26 bits per heavy atom. The summed E-state index contributed by atoms with van der Waals surface area (Å²) in [5.74, 6) is -1.06. The quantitative estimate of drug-likeness (QED) is 0.778. The minimum Gasteiger partial charge on any atom is -0.322 e. The maximum Gasteiger partial charge on any atom is 0.258 e. The van der Waals surface area contributed by atoms with Crippen LogP contribution in [0.3, 0.4) is 0 Å². The molecule has 1 amide bonds. The Hall–Kier alpha value is -1.33. The zero-order valence-corrected chi connectivity index (χ0v) is 12.6. The van der Waals surface area contributed by atoms with Crippen molar-refractivity contribution in [2.75, 3.05) is 5.32 Å². The third-order valence-corrected chi connectivity index (χ3v) is 3.41. The second-order valence-corrected chi connectivity index (χ2v) is 5.51. The molecule has 0 spiro atoms. The van der Waals surface area contributed by atoms with Gasteiger partial charge in [0.1, 0.15) is 5.82 Å². The summed E-state index contributed by atoms with van der Waals surface area (Å²) in [7, 11) is 0. The number of hydrogen-bond donors (Lipinski definition) is 2. The first-order valence-corrected chi connectivity index (χ1v) is 6.77. The van der Waals surface area contributed by atoms with Gasteiger partial charge in [0.2, 0.25) is 0 Å². The van der Waals surface area contributed by atoms with E-state index >= 15 is 0 Å². The molecule has 0 unspecified atom stereocenters. The number of hydrogen-bond acceptors (Lipinski definition) is 2. The van der Waals surface area contributed by atoms with Gasteiger partial charge in [-0.2, -0.15) is 0 Å². The monoisotopic (exact) mass is 339 g/mol. The van der Waals surface area contributed by atoms with Gasteiger partial charge in [-0.25, -0.2) is 4.39 Å². The molecule has 0 saturated heterocycles. The highest BCUT2D eigenvalue weighted by Gasteiger charge is 2.13. The Bertz CT molecular complexity index is 645. The molecule has 2 rings (SSSR count). The number of carbonyl (C=O) groups is 1. The van der Waals surface area contributed by atoms with Crippen molar-refractivity contribution < 1.29 is 9.18 Å².